The first-order valence-corrected chi connectivity index (χ1v) is 7.04. The first-order valence-electron chi connectivity index (χ1n) is 7.04. The van der Waals surface area contributed by atoms with Crippen molar-refractivity contribution in [1.82, 2.24) is 0 Å². The second-order valence-electron chi connectivity index (χ2n) is 4.97. The summed E-state index contributed by atoms with van der Waals surface area (Å²) in [6, 6.07) is 10.2. The van der Waals surface area contributed by atoms with Crippen LogP contribution in [0.15, 0.2) is 66.9 Å². The molecule has 0 unspecified atom stereocenters. The Bertz CT molecular complexity index is 506. The number of rotatable bonds is 7. The lowest BCUT2D eigenvalue weighted by molar-refractivity contribution is 0.0851. The first-order chi connectivity index (χ1) is 9.57. The second kappa shape index (κ2) is 7.69. The molecule has 0 saturated carbocycles. The highest BCUT2D eigenvalue weighted by Gasteiger charge is 2.26. The maximum atomic E-state index is 10.7. The molecule has 0 spiro atoms. The largest absolute Gasteiger partial charge is 0.384 e. The number of benzene rings is 1. The molecule has 0 bridgehead atoms. The highest BCUT2D eigenvalue weighted by atomic mass is 16.3. The van der Waals surface area contributed by atoms with Gasteiger partial charge in [-0.05, 0) is 31.7 Å². The van der Waals surface area contributed by atoms with Crippen LogP contribution < -0.4 is 0 Å². The normalized spacial score (nSPS) is 10.6. The average Bonchev–Trinajstić information content (AvgIpc) is 2.46. The lowest BCUT2D eigenvalue weighted by Gasteiger charge is -2.25. The third kappa shape index (κ3) is 4.09. The lowest BCUT2D eigenvalue weighted by atomic mass is 9.87. The van der Waals surface area contributed by atoms with Crippen molar-refractivity contribution in [1.29, 1.82) is 0 Å². The van der Waals surface area contributed by atoms with E-state index in [4.69, 9.17) is 0 Å². The third-order valence-corrected chi connectivity index (χ3v) is 3.48. The maximum absolute atomic E-state index is 10.7. The van der Waals surface area contributed by atoms with Crippen LogP contribution in [0.2, 0.25) is 0 Å². The Labute approximate surface area is 122 Å². The highest BCUT2D eigenvalue weighted by Crippen LogP contribution is 2.27. The Hall–Kier alpha value is -1.82. The molecule has 0 fully saturated rings. The van der Waals surface area contributed by atoms with Crippen LogP contribution in [0.5, 0.6) is 0 Å². The van der Waals surface area contributed by atoms with Crippen LogP contribution in [-0.2, 0) is 0 Å². The molecular formula is C19H24O. The summed E-state index contributed by atoms with van der Waals surface area (Å²) >= 11 is 0. The van der Waals surface area contributed by atoms with E-state index in [-0.39, 0.29) is 0 Å². The van der Waals surface area contributed by atoms with Gasteiger partial charge in [0.15, 0.2) is 0 Å². The maximum Gasteiger partial charge on any atom is 0.0995 e. The van der Waals surface area contributed by atoms with Gasteiger partial charge in [0.25, 0.3) is 0 Å². The minimum absolute atomic E-state index is 0.504. The topological polar surface area (TPSA) is 20.2 Å². The van der Waals surface area contributed by atoms with Crippen LogP contribution in [0, 0.1) is 0 Å². The molecule has 1 rings (SSSR count). The van der Waals surface area contributed by atoms with E-state index in [1.165, 1.54) is 0 Å². The molecular weight excluding hydrogens is 244 g/mol. The minimum atomic E-state index is -0.932. The molecule has 1 heteroatoms. The van der Waals surface area contributed by atoms with Crippen molar-refractivity contribution < 1.29 is 5.11 Å². The van der Waals surface area contributed by atoms with Crippen LogP contribution in [0.3, 0.4) is 0 Å². The summed E-state index contributed by atoms with van der Waals surface area (Å²) in [7, 11) is 0. The van der Waals surface area contributed by atoms with Crippen molar-refractivity contribution in [2.24, 2.45) is 0 Å². The van der Waals surface area contributed by atoms with E-state index in [1.807, 2.05) is 25.1 Å². The molecule has 0 heterocycles. The van der Waals surface area contributed by atoms with Gasteiger partial charge in [0.05, 0.1) is 5.60 Å². The van der Waals surface area contributed by atoms with Crippen LogP contribution in [0.25, 0.3) is 5.57 Å². The standard InChI is InChI=1S/C19H24O/c1-5-13-19(20,14-6-2)16(4)15-17(7-3)18-11-9-8-10-12-18/h5-6,8-12,20H,1-2,7,13-14H2,3-4H3. The Kier molecular flexibility index (Phi) is 6.24. The molecule has 0 radical (unpaired) electrons. The summed E-state index contributed by atoms with van der Waals surface area (Å²) in [4.78, 5) is 0. The molecule has 0 aromatic heterocycles. The third-order valence-electron chi connectivity index (χ3n) is 3.48. The minimum Gasteiger partial charge on any atom is -0.384 e. The van der Waals surface area contributed by atoms with Crippen LogP contribution in [0.4, 0.5) is 0 Å². The zero-order valence-corrected chi connectivity index (χ0v) is 12.5. The van der Waals surface area contributed by atoms with Crippen LogP contribution >= 0.6 is 0 Å². The summed E-state index contributed by atoms with van der Waals surface area (Å²) < 4.78 is 0. The van der Waals surface area contributed by atoms with E-state index >= 15 is 0 Å². The quantitative estimate of drug-likeness (QED) is 0.550. The summed E-state index contributed by atoms with van der Waals surface area (Å²) in [5.74, 6) is 0. The van der Waals surface area contributed by atoms with Crippen molar-refractivity contribution in [3.05, 3.63) is 72.5 Å². The van der Waals surface area contributed by atoms with Crippen molar-refractivity contribution in [2.75, 3.05) is 0 Å². The van der Waals surface area contributed by atoms with Crippen molar-refractivity contribution >= 4 is 5.57 Å². The lowest BCUT2D eigenvalue weighted by Crippen LogP contribution is -2.28. The van der Waals surface area contributed by atoms with E-state index < -0.39 is 5.60 Å². The Morgan fingerprint density at radius 3 is 2.20 bits per heavy atom. The van der Waals surface area contributed by atoms with Crippen LogP contribution in [0.1, 0.15) is 38.7 Å². The van der Waals surface area contributed by atoms with Crippen molar-refractivity contribution in [3.63, 3.8) is 0 Å². The molecule has 1 aromatic carbocycles. The van der Waals surface area contributed by atoms with E-state index in [2.05, 4.69) is 37.9 Å². The molecule has 0 aliphatic heterocycles. The molecule has 0 aliphatic carbocycles. The summed E-state index contributed by atoms with van der Waals surface area (Å²) in [5, 5.41) is 10.7. The number of hydrogen-bond acceptors (Lipinski definition) is 1. The van der Waals surface area contributed by atoms with Gasteiger partial charge in [-0.3, -0.25) is 0 Å². The van der Waals surface area contributed by atoms with Gasteiger partial charge in [-0.1, -0.05) is 49.4 Å². The van der Waals surface area contributed by atoms with Gasteiger partial charge < -0.3 is 5.11 Å². The molecule has 1 nitrogen and oxygen atoms in total. The Morgan fingerprint density at radius 1 is 1.20 bits per heavy atom. The van der Waals surface area contributed by atoms with Gasteiger partial charge >= 0.3 is 0 Å². The Balaban J connectivity index is 3.30. The molecule has 1 N–H and O–H groups in total. The molecule has 106 valence electrons. The van der Waals surface area contributed by atoms with E-state index in [0.29, 0.717) is 12.8 Å². The van der Waals surface area contributed by atoms with Gasteiger partial charge in [-0.15, -0.1) is 18.9 Å². The van der Waals surface area contributed by atoms with Gasteiger partial charge in [-0.2, -0.15) is 0 Å². The van der Waals surface area contributed by atoms with E-state index in [1.54, 1.807) is 12.2 Å². The molecule has 0 saturated heterocycles. The van der Waals surface area contributed by atoms with Crippen molar-refractivity contribution in [3.8, 4) is 0 Å². The molecule has 0 aliphatic rings. The monoisotopic (exact) mass is 268 g/mol. The van der Waals surface area contributed by atoms with Crippen LogP contribution in [-0.4, -0.2) is 10.7 Å². The summed E-state index contributed by atoms with van der Waals surface area (Å²) in [6.07, 6.45) is 5.36. The zero-order valence-electron chi connectivity index (χ0n) is 12.5. The summed E-state index contributed by atoms with van der Waals surface area (Å²) in [5.41, 5.74) is 5.53. The number of aliphatic hydroxyl groups is 1. The fourth-order valence-electron chi connectivity index (χ4n) is 2.21. The van der Waals surface area contributed by atoms with Crippen molar-refractivity contribution in [2.45, 2.75) is 38.7 Å². The fraction of sp³-hybridized carbons (Fsp3) is 0.316. The average molecular weight is 268 g/mol. The van der Waals surface area contributed by atoms with Gasteiger partial charge in [0.1, 0.15) is 0 Å². The smallest absolute Gasteiger partial charge is 0.0995 e. The van der Waals surface area contributed by atoms with Gasteiger partial charge in [0, 0.05) is 11.1 Å². The highest BCUT2D eigenvalue weighted by molar-refractivity contribution is 5.65. The molecule has 0 atom stereocenters. The Morgan fingerprint density at radius 2 is 1.75 bits per heavy atom. The van der Waals surface area contributed by atoms with E-state index in [0.717, 1.165) is 23.1 Å². The first kappa shape index (κ1) is 16.2. The molecule has 0 amide bonds. The second-order valence-corrected chi connectivity index (χ2v) is 4.97. The number of hydrogen-bond donors (Lipinski definition) is 1. The molecule has 20 heavy (non-hydrogen) atoms. The summed E-state index contributed by atoms with van der Waals surface area (Å²) in [6.45, 7) is 11.5. The van der Waals surface area contributed by atoms with Gasteiger partial charge in [-0.25, -0.2) is 0 Å². The van der Waals surface area contributed by atoms with Gasteiger partial charge in [0.2, 0.25) is 0 Å². The predicted octanol–water partition coefficient (Wildman–Crippen LogP) is 4.91. The van der Waals surface area contributed by atoms with E-state index in [9.17, 15) is 5.11 Å². The zero-order chi connectivity index (χ0) is 15.0. The molecule has 1 aromatic rings. The fourth-order valence-corrected chi connectivity index (χ4v) is 2.21. The predicted molar refractivity (Wildman–Crippen MR) is 87.4 cm³/mol. The SMILES string of the molecule is C=CCC(O)(CC=C)C(C)=C=C(CC)c1ccccc1.